The first kappa shape index (κ1) is 15.0. The van der Waals surface area contributed by atoms with Crippen molar-refractivity contribution in [2.45, 2.75) is 18.6 Å². The molecule has 0 amide bonds. The summed E-state index contributed by atoms with van der Waals surface area (Å²) in [6.45, 7) is 1.77. The predicted octanol–water partition coefficient (Wildman–Crippen LogP) is 0.114. The molecule has 0 bridgehead atoms. The highest BCUT2D eigenvalue weighted by molar-refractivity contribution is 5.85. The summed E-state index contributed by atoms with van der Waals surface area (Å²) < 4.78 is 0. The number of nitrogens with zero attached hydrogens (tertiary/aromatic N) is 1. The Balaban J connectivity index is 0. The van der Waals surface area contributed by atoms with E-state index in [-0.39, 0.29) is 30.9 Å². The highest BCUT2D eigenvalue weighted by atomic mass is 35.5. The molecule has 0 aliphatic carbocycles. The molecule has 3 nitrogen and oxygen atoms in total. The molecule has 2 N–H and O–H groups in total. The molecule has 76 valence electrons. The number of β-amino-alcohol motifs (C(OH)–C–C–N with tert-alkyl or cyclic N) is 1. The van der Waals surface area contributed by atoms with Crippen molar-refractivity contribution in [3.63, 3.8) is 0 Å². The zero-order chi connectivity index (χ0) is 7.56. The summed E-state index contributed by atoms with van der Waals surface area (Å²) in [5.74, 6) is 0. The minimum atomic E-state index is -0.191. The van der Waals surface area contributed by atoms with Crippen molar-refractivity contribution >= 4 is 24.8 Å². The van der Waals surface area contributed by atoms with E-state index >= 15 is 0 Å². The minimum absolute atomic E-state index is 0. The molecule has 1 aliphatic rings. The van der Waals surface area contributed by atoms with Crippen molar-refractivity contribution in [2.75, 3.05) is 27.2 Å². The van der Waals surface area contributed by atoms with Gasteiger partial charge in [0.15, 0.2) is 0 Å². The Hall–Kier alpha value is 0.460. The van der Waals surface area contributed by atoms with Gasteiger partial charge in [-0.15, -0.1) is 24.8 Å². The van der Waals surface area contributed by atoms with Gasteiger partial charge in [-0.25, -0.2) is 0 Å². The molecule has 0 unspecified atom stereocenters. The molecule has 0 saturated carbocycles. The van der Waals surface area contributed by atoms with Gasteiger partial charge < -0.3 is 15.3 Å². The molecule has 0 spiro atoms. The molecule has 1 aliphatic heterocycles. The van der Waals surface area contributed by atoms with Crippen molar-refractivity contribution in [3.05, 3.63) is 0 Å². The third-order valence-corrected chi connectivity index (χ3v) is 2.08. The van der Waals surface area contributed by atoms with E-state index in [0.29, 0.717) is 6.04 Å². The van der Waals surface area contributed by atoms with E-state index in [1.807, 2.05) is 14.1 Å². The molecule has 1 saturated heterocycles. The van der Waals surface area contributed by atoms with Crippen LogP contribution in [-0.4, -0.2) is 49.3 Å². The van der Waals surface area contributed by atoms with E-state index < -0.39 is 0 Å². The van der Waals surface area contributed by atoms with Crippen molar-refractivity contribution in [1.82, 2.24) is 10.2 Å². The van der Waals surface area contributed by atoms with Gasteiger partial charge in [0.2, 0.25) is 0 Å². The first-order valence-electron chi connectivity index (χ1n) is 3.77. The van der Waals surface area contributed by atoms with Crippen LogP contribution in [0, 0.1) is 0 Å². The monoisotopic (exact) mass is 216 g/mol. The van der Waals surface area contributed by atoms with Crippen molar-refractivity contribution < 1.29 is 5.11 Å². The SMILES string of the molecule is CN(C)[C@@H]1CCNC[C@H]1O.Cl.Cl. The second-order valence-corrected chi connectivity index (χ2v) is 3.09. The zero-order valence-corrected chi connectivity index (χ0v) is 9.12. The summed E-state index contributed by atoms with van der Waals surface area (Å²) >= 11 is 0. The number of aliphatic hydroxyl groups excluding tert-OH is 1. The second kappa shape index (κ2) is 6.92. The number of piperidine rings is 1. The van der Waals surface area contributed by atoms with Crippen LogP contribution < -0.4 is 5.32 Å². The third kappa shape index (κ3) is 3.92. The normalized spacial score (nSPS) is 29.0. The van der Waals surface area contributed by atoms with Crippen molar-refractivity contribution in [3.8, 4) is 0 Å². The molecule has 12 heavy (non-hydrogen) atoms. The Bertz CT molecular complexity index is 114. The van der Waals surface area contributed by atoms with Gasteiger partial charge in [-0.1, -0.05) is 0 Å². The van der Waals surface area contributed by atoms with E-state index in [4.69, 9.17) is 0 Å². The summed E-state index contributed by atoms with van der Waals surface area (Å²) in [5, 5.41) is 12.6. The third-order valence-electron chi connectivity index (χ3n) is 2.08. The van der Waals surface area contributed by atoms with Crippen LogP contribution in [0.4, 0.5) is 0 Å². The Morgan fingerprint density at radius 2 is 1.92 bits per heavy atom. The van der Waals surface area contributed by atoms with Gasteiger partial charge in [0, 0.05) is 12.6 Å². The van der Waals surface area contributed by atoms with Crippen LogP contribution in [0.3, 0.4) is 0 Å². The number of aliphatic hydroxyl groups is 1. The summed E-state index contributed by atoms with van der Waals surface area (Å²) in [6.07, 6.45) is 0.859. The lowest BCUT2D eigenvalue weighted by atomic mass is 10.0. The van der Waals surface area contributed by atoms with Gasteiger partial charge in [0.05, 0.1) is 6.10 Å². The molecule has 1 rings (SSSR count). The average Bonchev–Trinajstić information content (AvgIpc) is 1.88. The average molecular weight is 217 g/mol. The van der Waals surface area contributed by atoms with Crippen molar-refractivity contribution in [2.24, 2.45) is 0 Å². The van der Waals surface area contributed by atoms with E-state index in [9.17, 15) is 5.11 Å². The van der Waals surface area contributed by atoms with Gasteiger partial charge >= 0.3 is 0 Å². The Morgan fingerprint density at radius 1 is 1.33 bits per heavy atom. The Labute approximate surface area is 86.3 Å². The summed E-state index contributed by atoms with van der Waals surface area (Å²) in [5.41, 5.74) is 0. The lowest BCUT2D eigenvalue weighted by Gasteiger charge is -2.33. The lowest BCUT2D eigenvalue weighted by molar-refractivity contribution is 0.0539. The molecule has 0 aromatic rings. The highest BCUT2D eigenvalue weighted by Gasteiger charge is 2.23. The molecule has 1 heterocycles. The Morgan fingerprint density at radius 3 is 2.25 bits per heavy atom. The van der Waals surface area contributed by atoms with Crippen LogP contribution in [0.2, 0.25) is 0 Å². The number of nitrogens with one attached hydrogen (secondary N) is 1. The number of hydrogen-bond acceptors (Lipinski definition) is 3. The van der Waals surface area contributed by atoms with Crippen LogP contribution in [-0.2, 0) is 0 Å². The highest BCUT2D eigenvalue weighted by Crippen LogP contribution is 2.07. The van der Waals surface area contributed by atoms with Gasteiger partial charge in [-0.3, -0.25) is 0 Å². The standard InChI is InChI=1S/C7H16N2O.2ClH/c1-9(2)6-3-4-8-5-7(6)10;;/h6-8,10H,3-5H2,1-2H3;2*1H/t6-,7-;;/m1../s1. The fourth-order valence-corrected chi connectivity index (χ4v) is 1.43. The smallest absolute Gasteiger partial charge is 0.0819 e. The summed E-state index contributed by atoms with van der Waals surface area (Å²) in [7, 11) is 4.03. The van der Waals surface area contributed by atoms with E-state index in [2.05, 4.69) is 10.2 Å². The molecule has 0 aromatic heterocycles. The van der Waals surface area contributed by atoms with Gasteiger partial charge in [0.1, 0.15) is 0 Å². The maximum absolute atomic E-state index is 9.44. The molecule has 5 heteroatoms. The molecule has 0 radical (unpaired) electrons. The zero-order valence-electron chi connectivity index (χ0n) is 7.49. The second-order valence-electron chi connectivity index (χ2n) is 3.09. The fourth-order valence-electron chi connectivity index (χ4n) is 1.43. The quantitative estimate of drug-likeness (QED) is 0.654. The van der Waals surface area contributed by atoms with Gasteiger partial charge in [-0.2, -0.15) is 0 Å². The van der Waals surface area contributed by atoms with E-state index in [1.54, 1.807) is 0 Å². The molecule has 0 aromatic carbocycles. The number of halogens is 2. The van der Waals surface area contributed by atoms with E-state index in [0.717, 1.165) is 19.5 Å². The number of likely N-dealkylation sites (N-methyl/N-ethyl adjacent to an activating group) is 1. The van der Waals surface area contributed by atoms with E-state index in [1.165, 1.54) is 0 Å². The topological polar surface area (TPSA) is 35.5 Å². The number of hydrogen-bond donors (Lipinski definition) is 2. The first-order valence-corrected chi connectivity index (χ1v) is 3.77. The van der Waals surface area contributed by atoms with Gasteiger partial charge in [-0.05, 0) is 27.1 Å². The lowest BCUT2D eigenvalue weighted by Crippen LogP contribution is -2.50. The van der Waals surface area contributed by atoms with Gasteiger partial charge in [0.25, 0.3) is 0 Å². The first-order chi connectivity index (χ1) is 4.72. The van der Waals surface area contributed by atoms with Crippen LogP contribution in [0.5, 0.6) is 0 Å². The van der Waals surface area contributed by atoms with Crippen LogP contribution in [0.25, 0.3) is 0 Å². The fraction of sp³-hybridized carbons (Fsp3) is 1.00. The molecule has 2 atom stereocenters. The largest absolute Gasteiger partial charge is 0.390 e. The summed E-state index contributed by atoms with van der Waals surface area (Å²) in [4.78, 5) is 2.09. The predicted molar refractivity (Wildman–Crippen MR) is 55.5 cm³/mol. The number of rotatable bonds is 1. The van der Waals surface area contributed by atoms with Crippen LogP contribution >= 0.6 is 24.8 Å². The summed E-state index contributed by atoms with van der Waals surface area (Å²) in [6, 6.07) is 0.348. The maximum Gasteiger partial charge on any atom is 0.0819 e. The maximum atomic E-state index is 9.44. The molecule has 1 fully saturated rings. The van der Waals surface area contributed by atoms with Crippen molar-refractivity contribution in [1.29, 1.82) is 0 Å². The molecular formula is C7H18Cl2N2O. The Kier molecular flexibility index (Phi) is 8.63. The molecular weight excluding hydrogens is 199 g/mol. The van der Waals surface area contributed by atoms with Crippen LogP contribution in [0.1, 0.15) is 6.42 Å². The minimum Gasteiger partial charge on any atom is -0.390 e. The van der Waals surface area contributed by atoms with Crippen LogP contribution in [0.15, 0.2) is 0 Å².